The Balaban J connectivity index is 2.16. The Kier molecular flexibility index (Phi) is 3.28. The summed E-state index contributed by atoms with van der Waals surface area (Å²) in [5.41, 5.74) is 3.96. The summed E-state index contributed by atoms with van der Waals surface area (Å²) in [5, 5.41) is 2.95. The highest BCUT2D eigenvalue weighted by Gasteiger charge is 2.23. The Morgan fingerprint density at radius 2 is 2.00 bits per heavy atom. The van der Waals surface area contributed by atoms with Crippen LogP contribution in [-0.2, 0) is 11.2 Å². The molecular formula is C14H19NO. The molecule has 2 nitrogen and oxygen atoms in total. The molecule has 0 saturated carbocycles. The maximum atomic E-state index is 11.7. The van der Waals surface area contributed by atoms with Gasteiger partial charge >= 0.3 is 0 Å². The number of piperidine rings is 1. The molecule has 0 bridgehead atoms. The van der Waals surface area contributed by atoms with Gasteiger partial charge in [-0.25, -0.2) is 0 Å². The molecule has 1 N–H and O–H groups in total. The summed E-state index contributed by atoms with van der Waals surface area (Å²) in [7, 11) is 0. The third kappa shape index (κ3) is 2.26. The predicted octanol–water partition coefficient (Wildman–Crippen LogP) is 2.37. The molecule has 86 valence electrons. The van der Waals surface area contributed by atoms with Crippen molar-refractivity contribution in [1.82, 2.24) is 5.32 Å². The molecule has 1 unspecified atom stereocenters. The second kappa shape index (κ2) is 4.69. The molecule has 16 heavy (non-hydrogen) atoms. The molecule has 1 aromatic carbocycles. The van der Waals surface area contributed by atoms with E-state index < -0.39 is 0 Å². The number of carbonyl (C=O) groups excluding carboxylic acids is 1. The van der Waals surface area contributed by atoms with Gasteiger partial charge in [0.25, 0.3) is 0 Å². The average molecular weight is 217 g/mol. The van der Waals surface area contributed by atoms with Crippen LogP contribution in [0.1, 0.15) is 29.5 Å². The van der Waals surface area contributed by atoms with Gasteiger partial charge in [0.15, 0.2) is 0 Å². The van der Waals surface area contributed by atoms with E-state index >= 15 is 0 Å². The van der Waals surface area contributed by atoms with Gasteiger partial charge in [-0.15, -0.1) is 0 Å². The van der Waals surface area contributed by atoms with E-state index in [4.69, 9.17) is 0 Å². The zero-order chi connectivity index (χ0) is 11.5. The normalized spacial score (nSPS) is 20.6. The van der Waals surface area contributed by atoms with Crippen molar-refractivity contribution >= 4 is 5.91 Å². The lowest BCUT2D eigenvalue weighted by molar-refractivity contribution is -0.126. The zero-order valence-corrected chi connectivity index (χ0v) is 10.0. The number of carbonyl (C=O) groups is 1. The van der Waals surface area contributed by atoms with Crippen molar-refractivity contribution < 1.29 is 4.79 Å². The molecule has 0 aromatic heterocycles. The van der Waals surface area contributed by atoms with E-state index in [0.29, 0.717) is 0 Å². The van der Waals surface area contributed by atoms with Crippen LogP contribution >= 0.6 is 0 Å². The highest BCUT2D eigenvalue weighted by molar-refractivity contribution is 5.79. The summed E-state index contributed by atoms with van der Waals surface area (Å²) in [6.45, 7) is 5.11. The van der Waals surface area contributed by atoms with E-state index in [9.17, 15) is 4.79 Å². The van der Waals surface area contributed by atoms with E-state index in [1.54, 1.807) is 0 Å². The first kappa shape index (κ1) is 11.2. The van der Waals surface area contributed by atoms with Gasteiger partial charge in [0.1, 0.15) is 0 Å². The number of benzene rings is 1. The quantitative estimate of drug-likeness (QED) is 0.809. The molecule has 1 amide bonds. The van der Waals surface area contributed by atoms with E-state index in [0.717, 1.165) is 25.8 Å². The molecule has 0 aliphatic carbocycles. The van der Waals surface area contributed by atoms with Crippen molar-refractivity contribution in [1.29, 1.82) is 0 Å². The number of rotatable bonds is 2. The Morgan fingerprint density at radius 1 is 1.31 bits per heavy atom. The van der Waals surface area contributed by atoms with E-state index in [1.165, 1.54) is 16.7 Å². The summed E-state index contributed by atoms with van der Waals surface area (Å²) in [5.74, 6) is 0.405. The van der Waals surface area contributed by atoms with Gasteiger partial charge in [-0.05, 0) is 49.8 Å². The van der Waals surface area contributed by atoms with Gasteiger partial charge in [-0.1, -0.05) is 18.2 Å². The molecule has 1 saturated heterocycles. The van der Waals surface area contributed by atoms with Crippen LogP contribution in [0.15, 0.2) is 18.2 Å². The fourth-order valence-electron chi connectivity index (χ4n) is 2.45. The third-order valence-corrected chi connectivity index (χ3v) is 3.49. The fraction of sp³-hybridized carbons (Fsp3) is 0.500. The van der Waals surface area contributed by atoms with Crippen LogP contribution in [0, 0.1) is 19.8 Å². The van der Waals surface area contributed by atoms with Crippen molar-refractivity contribution in [2.45, 2.75) is 33.1 Å². The molecule has 1 aliphatic rings. The Hall–Kier alpha value is -1.31. The van der Waals surface area contributed by atoms with Crippen molar-refractivity contribution in [2.24, 2.45) is 5.92 Å². The largest absolute Gasteiger partial charge is 0.356 e. The number of aryl methyl sites for hydroxylation is 2. The highest BCUT2D eigenvalue weighted by Crippen LogP contribution is 2.22. The smallest absolute Gasteiger partial charge is 0.223 e. The Morgan fingerprint density at radius 3 is 2.62 bits per heavy atom. The van der Waals surface area contributed by atoms with Gasteiger partial charge in [0.05, 0.1) is 0 Å². The van der Waals surface area contributed by atoms with Crippen LogP contribution in [0.5, 0.6) is 0 Å². The molecule has 0 spiro atoms. The number of hydrogen-bond acceptors (Lipinski definition) is 1. The van der Waals surface area contributed by atoms with E-state index in [2.05, 4.69) is 37.4 Å². The molecule has 1 atom stereocenters. The van der Waals surface area contributed by atoms with Gasteiger partial charge in [0, 0.05) is 12.5 Å². The van der Waals surface area contributed by atoms with Crippen LogP contribution in [0.4, 0.5) is 0 Å². The number of hydrogen-bond donors (Lipinski definition) is 1. The lowest BCUT2D eigenvalue weighted by Gasteiger charge is -2.23. The van der Waals surface area contributed by atoms with Crippen LogP contribution in [0.2, 0.25) is 0 Å². The first-order valence-corrected chi connectivity index (χ1v) is 6.01. The SMILES string of the molecule is Cc1cccc(C)c1CC1CCCNC1=O. The molecule has 1 aromatic rings. The molecule has 2 heteroatoms. The minimum Gasteiger partial charge on any atom is -0.356 e. The number of nitrogens with one attached hydrogen (secondary N) is 1. The monoisotopic (exact) mass is 217 g/mol. The van der Waals surface area contributed by atoms with Crippen molar-refractivity contribution in [2.75, 3.05) is 6.54 Å². The zero-order valence-electron chi connectivity index (χ0n) is 10.0. The lowest BCUT2D eigenvalue weighted by atomic mass is 9.88. The molecule has 1 aliphatic heterocycles. The molecular weight excluding hydrogens is 198 g/mol. The molecule has 1 heterocycles. The standard InChI is InChI=1S/C14H19NO/c1-10-5-3-6-11(2)13(10)9-12-7-4-8-15-14(12)16/h3,5-6,12H,4,7-9H2,1-2H3,(H,15,16). The van der Waals surface area contributed by atoms with Crippen LogP contribution in [0.3, 0.4) is 0 Å². The van der Waals surface area contributed by atoms with Crippen molar-refractivity contribution in [3.8, 4) is 0 Å². The minimum absolute atomic E-state index is 0.175. The van der Waals surface area contributed by atoms with E-state index in [1.807, 2.05) is 0 Å². The topological polar surface area (TPSA) is 29.1 Å². The van der Waals surface area contributed by atoms with Crippen LogP contribution < -0.4 is 5.32 Å². The van der Waals surface area contributed by atoms with Crippen LogP contribution in [-0.4, -0.2) is 12.5 Å². The average Bonchev–Trinajstić information content (AvgIpc) is 2.26. The second-order valence-corrected chi connectivity index (χ2v) is 4.70. The summed E-state index contributed by atoms with van der Waals surface area (Å²) in [6.07, 6.45) is 3.03. The van der Waals surface area contributed by atoms with Gasteiger partial charge in [0.2, 0.25) is 5.91 Å². The maximum Gasteiger partial charge on any atom is 0.223 e. The summed E-state index contributed by atoms with van der Waals surface area (Å²) < 4.78 is 0. The summed E-state index contributed by atoms with van der Waals surface area (Å²) in [6, 6.07) is 6.33. The lowest BCUT2D eigenvalue weighted by Crippen LogP contribution is -2.37. The summed E-state index contributed by atoms with van der Waals surface area (Å²) >= 11 is 0. The van der Waals surface area contributed by atoms with Gasteiger partial charge in [-0.3, -0.25) is 4.79 Å². The van der Waals surface area contributed by atoms with Crippen LogP contribution in [0.25, 0.3) is 0 Å². The molecule has 0 radical (unpaired) electrons. The van der Waals surface area contributed by atoms with Crippen molar-refractivity contribution in [3.63, 3.8) is 0 Å². The van der Waals surface area contributed by atoms with Crippen molar-refractivity contribution in [3.05, 3.63) is 34.9 Å². The number of amides is 1. The Bertz CT molecular complexity index is 377. The predicted molar refractivity (Wildman–Crippen MR) is 65.4 cm³/mol. The first-order valence-electron chi connectivity index (χ1n) is 6.01. The molecule has 1 fully saturated rings. The van der Waals surface area contributed by atoms with Gasteiger partial charge < -0.3 is 5.32 Å². The van der Waals surface area contributed by atoms with E-state index in [-0.39, 0.29) is 11.8 Å². The minimum atomic E-state index is 0.175. The molecule has 2 rings (SSSR count). The Labute approximate surface area is 97.1 Å². The maximum absolute atomic E-state index is 11.7. The second-order valence-electron chi connectivity index (χ2n) is 4.70. The third-order valence-electron chi connectivity index (χ3n) is 3.49. The van der Waals surface area contributed by atoms with Gasteiger partial charge in [-0.2, -0.15) is 0 Å². The summed E-state index contributed by atoms with van der Waals surface area (Å²) in [4.78, 5) is 11.7. The fourth-order valence-corrected chi connectivity index (χ4v) is 2.45. The first-order chi connectivity index (χ1) is 7.68. The highest BCUT2D eigenvalue weighted by atomic mass is 16.1.